The van der Waals surface area contributed by atoms with E-state index in [1.54, 1.807) is 0 Å². The van der Waals surface area contributed by atoms with Gasteiger partial charge in [0.25, 0.3) is 0 Å². The van der Waals surface area contributed by atoms with Crippen LogP contribution in [0.1, 0.15) is 36.0 Å². The zero-order valence-electron chi connectivity index (χ0n) is 12.8. The number of likely N-dealkylation sites (tertiary alicyclic amines) is 1. The molecule has 22 heavy (non-hydrogen) atoms. The van der Waals surface area contributed by atoms with Crippen LogP contribution in [0, 0.1) is 5.92 Å². The number of piperidine rings is 1. The highest BCUT2D eigenvalue weighted by Gasteiger charge is 2.33. The Morgan fingerprint density at radius 2 is 1.95 bits per heavy atom. The Balaban J connectivity index is 1.65. The van der Waals surface area contributed by atoms with Crippen molar-refractivity contribution in [2.24, 2.45) is 5.92 Å². The molecule has 1 saturated carbocycles. The zero-order chi connectivity index (χ0) is 15.7. The van der Waals surface area contributed by atoms with Crippen molar-refractivity contribution in [1.29, 1.82) is 0 Å². The lowest BCUT2D eigenvalue weighted by Crippen LogP contribution is -2.41. The Kier molecular flexibility index (Phi) is 4.27. The molecule has 1 aromatic rings. The average Bonchev–Trinajstić information content (AvgIpc) is 3.18. The smallest absolute Gasteiger partial charge is 0.339 e. The molecule has 2 fully saturated rings. The summed E-state index contributed by atoms with van der Waals surface area (Å²) in [5, 5.41) is -0.374. The number of nitrogens with zero attached hydrogens (tertiary/aromatic N) is 2. The van der Waals surface area contributed by atoms with E-state index in [1.165, 1.54) is 42.4 Å². The minimum Gasteiger partial charge on any atom is -0.465 e. The molecule has 3 rings (SSSR count). The topological polar surface area (TPSA) is 68.6 Å². The third kappa shape index (κ3) is 3.20. The first-order valence-electron chi connectivity index (χ1n) is 7.74. The van der Waals surface area contributed by atoms with Gasteiger partial charge in [-0.1, -0.05) is 0 Å². The first kappa shape index (κ1) is 15.6. The quantitative estimate of drug-likeness (QED) is 0.764. The first-order chi connectivity index (χ1) is 10.5. The number of rotatable bonds is 5. The van der Waals surface area contributed by atoms with Gasteiger partial charge in [-0.3, -0.25) is 3.97 Å². The van der Waals surface area contributed by atoms with Gasteiger partial charge in [0, 0.05) is 18.9 Å². The van der Waals surface area contributed by atoms with Gasteiger partial charge >= 0.3 is 5.97 Å². The molecule has 0 N–H and O–H groups in total. The van der Waals surface area contributed by atoms with Crippen LogP contribution in [0.25, 0.3) is 0 Å². The van der Waals surface area contributed by atoms with Crippen LogP contribution in [0.4, 0.5) is 0 Å². The highest BCUT2D eigenvalue weighted by molar-refractivity contribution is 7.90. The minimum atomic E-state index is -3.44. The van der Waals surface area contributed by atoms with E-state index in [4.69, 9.17) is 0 Å². The van der Waals surface area contributed by atoms with Crippen molar-refractivity contribution in [3.05, 3.63) is 24.0 Å². The van der Waals surface area contributed by atoms with Gasteiger partial charge in [-0.15, -0.1) is 0 Å². The number of esters is 1. The number of carbonyl (C=O) groups excluding carboxylic acids is 1. The Morgan fingerprint density at radius 3 is 2.55 bits per heavy atom. The standard InChI is InChI=1S/C15H22N2O4S/c1-21-15(18)13-4-9-17(11-13)22(19,20)14-5-7-16(8-6-14)10-12-2-3-12/h4,9,11-12,14H,2-3,5-8,10H2,1H3. The van der Waals surface area contributed by atoms with Gasteiger partial charge in [-0.25, -0.2) is 13.2 Å². The molecule has 1 aromatic heterocycles. The molecule has 0 bridgehead atoms. The second-order valence-electron chi connectivity index (χ2n) is 6.21. The fourth-order valence-corrected chi connectivity index (χ4v) is 4.64. The van der Waals surface area contributed by atoms with Crippen LogP contribution in [0.2, 0.25) is 0 Å². The van der Waals surface area contributed by atoms with Crippen molar-refractivity contribution in [2.45, 2.75) is 30.9 Å². The molecular formula is C15H22N2O4S. The molecule has 0 spiro atoms. The van der Waals surface area contributed by atoms with Crippen LogP contribution in [-0.4, -0.2) is 55.3 Å². The van der Waals surface area contributed by atoms with E-state index in [1.807, 2.05) is 0 Å². The molecule has 2 heterocycles. The van der Waals surface area contributed by atoms with Crippen LogP contribution >= 0.6 is 0 Å². The fourth-order valence-electron chi connectivity index (χ4n) is 3.00. The maximum Gasteiger partial charge on any atom is 0.339 e. The third-order valence-corrected chi connectivity index (χ3v) is 6.68. The Bertz CT molecular complexity index is 640. The van der Waals surface area contributed by atoms with Gasteiger partial charge < -0.3 is 9.64 Å². The van der Waals surface area contributed by atoms with Gasteiger partial charge in [-0.05, 0) is 50.8 Å². The fraction of sp³-hybridized carbons (Fsp3) is 0.667. The molecule has 0 unspecified atom stereocenters. The normalized spacial score (nSPS) is 21.0. The van der Waals surface area contributed by atoms with Crippen LogP contribution in [0.15, 0.2) is 18.5 Å². The molecular weight excluding hydrogens is 304 g/mol. The summed E-state index contributed by atoms with van der Waals surface area (Å²) in [5.41, 5.74) is 0.261. The molecule has 0 amide bonds. The number of ether oxygens (including phenoxy) is 1. The van der Waals surface area contributed by atoms with Gasteiger partial charge in [0.15, 0.2) is 0 Å². The summed E-state index contributed by atoms with van der Waals surface area (Å²) in [5.74, 6) is 0.313. The van der Waals surface area contributed by atoms with Crippen molar-refractivity contribution in [3.63, 3.8) is 0 Å². The van der Waals surface area contributed by atoms with Crippen LogP contribution in [0.3, 0.4) is 0 Å². The molecule has 2 aliphatic rings. The lowest BCUT2D eigenvalue weighted by Gasteiger charge is -2.31. The second kappa shape index (κ2) is 6.04. The highest BCUT2D eigenvalue weighted by atomic mass is 32.2. The summed E-state index contributed by atoms with van der Waals surface area (Å²) in [4.78, 5) is 13.8. The molecule has 1 aliphatic heterocycles. The minimum absolute atomic E-state index is 0.261. The monoisotopic (exact) mass is 326 g/mol. The molecule has 1 saturated heterocycles. The third-order valence-electron chi connectivity index (χ3n) is 4.55. The lowest BCUT2D eigenvalue weighted by molar-refractivity contribution is 0.0601. The van der Waals surface area contributed by atoms with Crippen LogP contribution in [0.5, 0.6) is 0 Å². The lowest BCUT2D eigenvalue weighted by atomic mass is 10.1. The number of methoxy groups -OCH3 is 1. The van der Waals surface area contributed by atoms with Gasteiger partial charge in [0.1, 0.15) is 0 Å². The maximum absolute atomic E-state index is 12.6. The summed E-state index contributed by atoms with van der Waals surface area (Å²) in [6, 6.07) is 1.48. The number of carbonyl (C=O) groups is 1. The summed E-state index contributed by atoms with van der Waals surface area (Å²) in [7, 11) is -2.16. The van der Waals surface area contributed by atoms with Crippen LogP contribution in [-0.2, 0) is 14.8 Å². The molecule has 0 atom stereocenters. The van der Waals surface area contributed by atoms with Crippen molar-refractivity contribution in [2.75, 3.05) is 26.7 Å². The van der Waals surface area contributed by atoms with E-state index >= 15 is 0 Å². The largest absolute Gasteiger partial charge is 0.465 e. The number of hydrogen-bond acceptors (Lipinski definition) is 5. The van der Waals surface area contributed by atoms with E-state index in [2.05, 4.69) is 9.64 Å². The van der Waals surface area contributed by atoms with E-state index in [0.29, 0.717) is 12.8 Å². The van der Waals surface area contributed by atoms with E-state index in [0.717, 1.165) is 25.6 Å². The average molecular weight is 326 g/mol. The van der Waals surface area contributed by atoms with Crippen molar-refractivity contribution in [3.8, 4) is 0 Å². The predicted octanol–water partition coefficient (Wildman–Crippen LogP) is 1.33. The Morgan fingerprint density at radius 1 is 1.27 bits per heavy atom. The van der Waals surface area contributed by atoms with E-state index < -0.39 is 16.0 Å². The van der Waals surface area contributed by atoms with Crippen LogP contribution < -0.4 is 0 Å². The highest BCUT2D eigenvalue weighted by Crippen LogP contribution is 2.31. The van der Waals surface area contributed by atoms with E-state index in [9.17, 15) is 13.2 Å². The SMILES string of the molecule is COC(=O)c1ccn(S(=O)(=O)C2CCN(CC3CC3)CC2)c1. The first-order valence-corrected chi connectivity index (χ1v) is 9.24. The van der Waals surface area contributed by atoms with E-state index in [-0.39, 0.29) is 10.8 Å². The molecule has 0 aromatic carbocycles. The number of aromatic nitrogens is 1. The van der Waals surface area contributed by atoms with Gasteiger partial charge in [0.2, 0.25) is 10.0 Å². The Labute approximate surface area is 131 Å². The summed E-state index contributed by atoms with van der Waals surface area (Å²) in [6.07, 6.45) is 6.72. The maximum atomic E-state index is 12.6. The molecule has 0 radical (unpaired) electrons. The molecule has 1 aliphatic carbocycles. The molecule has 122 valence electrons. The van der Waals surface area contributed by atoms with Crippen molar-refractivity contribution >= 4 is 16.0 Å². The predicted molar refractivity (Wildman–Crippen MR) is 82.3 cm³/mol. The zero-order valence-corrected chi connectivity index (χ0v) is 13.6. The van der Waals surface area contributed by atoms with Gasteiger partial charge in [0.05, 0.1) is 17.9 Å². The summed E-state index contributed by atoms with van der Waals surface area (Å²) >= 11 is 0. The molecule has 6 nitrogen and oxygen atoms in total. The van der Waals surface area contributed by atoms with Gasteiger partial charge in [-0.2, -0.15) is 0 Å². The van der Waals surface area contributed by atoms with Crippen molar-refractivity contribution in [1.82, 2.24) is 8.87 Å². The Hall–Kier alpha value is -1.34. The summed E-state index contributed by atoms with van der Waals surface area (Å²) < 4.78 is 31.1. The number of hydrogen-bond donors (Lipinski definition) is 0. The summed E-state index contributed by atoms with van der Waals surface area (Å²) in [6.45, 7) is 2.79. The second-order valence-corrected chi connectivity index (χ2v) is 8.33. The molecule has 7 heteroatoms. The van der Waals surface area contributed by atoms with Crippen molar-refractivity contribution < 1.29 is 17.9 Å².